The van der Waals surface area contributed by atoms with Crippen LogP contribution in [0.15, 0.2) is 0 Å². The Morgan fingerprint density at radius 2 is 1.65 bits per heavy atom. The highest BCUT2D eigenvalue weighted by atomic mass is 16.2. The van der Waals surface area contributed by atoms with Crippen LogP contribution in [0.3, 0.4) is 0 Å². The van der Waals surface area contributed by atoms with E-state index in [0.29, 0.717) is 0 Å². The standard InChI is InChI=1S/C11H21N3O3/c1-6(5-9(15)7(2)12)10(16)14-8(3)11(17)13-4/h6-8H,5,12H2,1-4H3,(H,13,17)(H,14,16). The summed E-state index contributed by atoms with van der Waals surface area (Å²) in [6.07, 6.45) is 0.0873. The molecular weight excluding hydrogens is 222 g/mol. The highest BCUT2D eigenvalue weighted by molar-refractivity contribution is 5.91. The van der Waals surface area contributed by atoms with E-state index in [9.17, 15) is 14.4 Å². The van der Waals surface area contributed by atoms with Gasteiger partial charge in [-0.1, -0.05) is 6.92 Å². The molecule has 6 heteroatoms. The van der Waals surface area contributed by atoms with Crippen LogP contribution in [-0.4, -0.2) is 36.7 Å². The van der Waals surface area contributed by atoms with Gasteiger partial charge in [-0.25, -0.2) is 0 Å². The molecule has 6 nitrogen and oxygen atoms in total. The van der Waals surface area contributed by atoms with Gasteiger partial charge in [-0.05, 0) is 13.8 Å². The molecule has 0 aliphatic heterocycles. The first kappa shape index (κ1) is 15.6. The lowest BCUT2D eigenvalue weighted by Gasteiger charge is -2.16. The number of ketones is 1. The number of carbonyl (C=O) groups excluding carboxylic acids is 3. The van der Waals surface area contributed by atoms with Crippen LogP contribution in [0.2, 0.25) is 0 Å². The van der Waals surface area contributed by atoms with E-state index in [1.54, 1.807) is 20.8 Å². The van der Waals surface area contributed by atoms with Crippen molar-refractivity contribution in [2.75, 3.05) is 7.05 Å². The molecule has 0 rings (SSSR count). The van der Waals surface area contributed by atoms with E-state index in [0.717, 1.165) is 0 Å². The van der Waals surface area contributed by atoms with Crippen LogP contribution in [0, 0.1) is 5.92 Å². The van der Waals surface area contributed by atoms with Gasteiger partial charge in [-0.2, -0.15) is 0 Å². The van der Waals surface area contributed by atoms with E-state index in [2.05, 4.69) is 10.6 Å². The molecule has 3 atom stereocenters. The molecule has 3 unspecified atom stereocenters. The third-order valence-corrected chi connectivity index (χ3v) is 2.46. The number of likely N-dealkylation sites (N-methyl/N-ethyl adjacent to an activating group) is 1. The zero-order valence-corrected chi connectivity index (χ0v) is 10.7. The second kappa shape index (κ2) is 7.01. The largest absolute Gasteiger partial charge is 0.357 e. The van der Waals surface area contributed by atoms with E-state index in [1.165, 1.54) is 7.05 Å². The van der Waals surface area contributed by atoms with E-state index in [1.807, 2.05) is 0 Å². The molecule has 0 heterocycles. The van der Waals surface area contributed by atoms with Crippen LogP contribution in [0.1, 0.15) is 27.2 Å². The molecule has 0 aliphatic carbocycles. The predicted molar refractivity (Wildman–Crippen MR) is 64.1 cm³/mol. The van der Waals surface area contributed by atoms with Gasteiger partial charge < -0.3 is 16.4 Å². The Labute approximate surface area is 101 Å². The van der Waals surface area contributed by atoms with Crippen molar-refractivity contribution >= 4 is 17.6 Å². The van der Waals surface area contributed by atoms with Gasteiger partial charge in [0.1, 0.15) is 11.8 Å². The number of carbonyl (C=O) groups is 3. The van der Waals surface area contributed by atoms with Crippen LogP contribution in [-0.2, 0) is 14.4 Å². The molecule has 0 aliphatic rings. The number of Topliss-reactive ketones (excluding diaryl/α,β-unsaturated/α-hetero) is 1. The molecule has 0 aromatic heterocycles. The van der Waals surface area contributed by atoms with Gasteiger partial charge in [0.05, 0.1) is 6.04 Å². The Balaban J connectivity index is 4.23. The number of nitrogens with two attached hydrogens (primary N) is 1. The van der Waals surface area contributed by atoms with Crippen molar-refractivity contribution in [2.45, 2.75) is 39.3 Å². The topological polar surface area (TPSA) is 101 Å². The smallest absolute Gasteiger partial charge is 0.242 e. The van der Waals surface area contributed by atoms with Gasteiger partial charge in [-0.15, -0.1) is 0 Å². The van der Waals surface area contributed by atoms with Crippen molar-refractivity contribution in [2.24, 2.45) is 11.7 Å². The highest BCUT2D eigenvalue weighted by Gasteiger charge is 2.22. The molecular formula is C11H21N3O3. The number of hydrogen-bond acceptors (Lipinski definition) is 4. The zero-order chi connectivity index (χ0) is 13.6. The average molecular weight is 243 g/mol. The van der Waals surface area contributed by atoms with Gasteiger partial charge in [0.2, 0.25) is 11.8 Å². The van der Waals surface area contributed by atoms with Crippen LogP contribution < -0.4 is 16.4 Å². The molecule has 0 fully saturated rings. The van der Waals surface area contributed by atoms with Crippen LogP contribution in [0.25, 0.3) is 0 Å². The minimum Gasteiger partial charge on any atom is -0.357 e. The minimum absolute atomic E-state index is 0.0873. The Morgan fingerprint density at radius 1 is 1.12 bits per heavy atom. The van der Waals surface area contributed by atoms with Gasteiger partial charge in [0.25, 0.3) is 0 Å². The van der Waals surface area contributed by atoms with Gasteiger partial charge in [0.15, 0.2) is 0 Å². The second-order valence-corrected chi connectivity index (χ2v) is 4.20. The Kier molecular flexibility index (Phi) is 6.42. The minimum atomic E-state index is -0.611. The van der Waals surface area contributed by atoms with Gasteiger partial charge in [-0.3, -0.25) is 14.4 Å². The van der Waals surface area contributed by atoms with E-state index >= 15 is 0 Å². The summed E-state index contributed by atoms with van der Waals surface area (Å²) in [5.41, 5.74) is 5.41. The van der Waals surface area contributed by atoms with Crippen molar-refractivity contribution in [3.05, 3.63) is 0 Å². The maximum absolute atomic E-state index is 11.6. The SMILES string of the molecule is CNC(=O)C(C)NC(=O)C(C)CC(=O)C(C)N. The summed E-state index contributed by atoms with van der Waals surface area (Å²) in [5, 5.41) is 4.96. The number of nitrogens with one attached hydrogen (secondary N) is 2. The first-order valence-corrected chi connectivity index (χ1v) is 5.59. The monoisotopic (exact) mass is 243 g/mol. The molecule has 0 radical (unpaired) electrons. The van der Waals surface area contributed by atoms with Gasteiger partial charge in [0, 0.05) is 19.4 Å². The summed E-state index contributed by atoms with van der Waals surface area (Å²) in [4.78, 5) is 34.2. The summed E-state index contributed by atoms with van der Waals surface area (Å²) in [6.45, 7) is 4.79. The van der Waals surface area contributed by atoms with Crippen molar-refractivity contribution in [3.63, 3.8) is 0 Å². The molecule has 0 aromatic carbocycles. The Hall–Kier alpha value is -1.43. The van der Waals surface area contributed by atoms with Crippen molar-refractivity contribution in [1.29, 1.82) is 0 Å². The van der Waals surface area contributed by atoms with Crippen molar-refractivity contribution < 1.29 is 14.4 Å². The second-order valence-electron chi connectivity index (χ2n) is 4.20. The molecule has 0 saturated carbocycles. The lowest BCUT2D eigenvalue weighted by molar-refractivity contribution is -0.132. The fourth-order valence-corrected chi connectivity index (χ4v) is 1.22. The molecule has 4 N–H and O–H groups in total. The number of rotatable bonds is 6. The predicted octanol–water partition coefficient (Wildman–Crippen LogP) is -0.820. The Morgan fingerprint density at radius 3 is 2.06 bits per heavy atom. The summed E-state index contributed by atoms with van der Waals surface area (Å²) < 4.78 is 0. The zero-order valence-electron chi connectivity index (χ0n) is 10.7. The normalized spacial score (nSPS) is 15.6. The summed E-state index contributed by atoms with van der Waals surface area (Å²) in [5.74, 6) is -1.25. The van der Waals surface area contributed by atoms with Crippen molar-refractivity contribution in [3.8, 4) is 0 Å². The molecule has 98 valence electrons. The maximum atomic E-state index is 11.6. The summed E-state index contributed by atoms with van der Waals surface area (Å²) >= 11 is 0. The quantitative estimate of drug-likeness (QED) is 0.567. The molecule has 2 amide bonds. The summed E-state index contributed by atoms with van der Waals surface area (Å²) in [6, 6.07) is -1.18. The van der Waals surface area contributed by atoms with Crippen molar-refractivity contribution in [1.82, 2.24) is 10.6 Å². The average Bonchev–Trinajstić information content (AvgIpc) is 2.27. The third-order valence-electron chi connectivity index (χ3n) is 2.46. The van der Waals surface area contributed by atoms with Gasteiger partial charge >= 0.3 is 0 Å². The fraction of sp³-hybridized carbons (Fsp3) is 0.727. The fourth-order valence-electron chi connectivity index (χ4n) is 1.22. The summed E-state index contributed by atoms with van der Waals surface area (Å²) in [7, 11) is 1.49. The third kappa shape index (κ3) is 5.44. The molecule has 0 saturated heterocycles. The van der Waals surface area contributed by atoms with Crippen LogP contribution >= 0.6 is 0 Å². The van der Waals surface area contributed by atoms with Crippen LogP contribution in [0.5, 0.6) is 0 Å². The number of amides is 2. The molecule has 0 bridgehead atoms. The first-order chi connectivity index (χ1) is 7.79. The maximum Gasteiger partial charge on any atom is 0.242 e. The number of hydrogen-bond donors (Lipinski definition) is 3. The first-order valence-electron chi connectivity index (χ1n) is 5.59. The van der Waals surface area contributed by atoms with E-state index < -0.39 is 18.0 Å². The van der Waals surface area contributed by atoms with E-state index in [-0.39, 0.29) is 24.0 Å². The molecule has 17 heavy (non-hydrogen) atoms. The molecule has 0 spiro atoms. The highest BCUT2D eigenvalue weighted by Crippen LogP contribution is 2.04. The lowest BCUT2D eigenvalue weighted by atomic mass is 10.0. The van der Waals surface area contributed by atoms with Crippen LogP contribution in [0.4, 0.5) is 0 Å². The Bertz CT molecular complexity index is 302. The lowest BCUT2D eigenvalue weighted by Crippen LogP contribution is -2.46. The molecule has 0 aromatic rings. The van der Waals surface area contributed by atoms with E-state index in [4.69, 9.17) is 5.73 Å².